The molecule has 0 aliphatic carbocycles. The number of rotatable bonds is 5. The molecule has 0 aromatic heterocycles. The van der Waals surface area contributed by atoms with Crippen molar-refractivity contribution in [3.63, 3.8) is 0 Å². The van der Waals surface area contributed by atoms with Crippen LogP contribution in [0.4, 0.5) is 0 Å². The van der Waals surface area contributed by atoms with Crippen LogP contribution in [0.1, 0.15) is 39.5 Å². The molecular weight excluding hydrogens is 218 g/mol. The van der Waals surface area contributed by atoms with E-state index < -0.39 is 6.04 Å². The minimum Gasteiger partial charge on any atom is -0.353 e. The van der Waals surface area contributed by atoms with E-state index in [0.29, 0.717) is 25.9 Å². The monoisotopic (exact) mass is 241 g/mol. The van der Waals surface area contributed by atoms with Crippen LogP contribution >= 0.6 is 0 Å². The summed E-state index contributed by atoms with van der Waals surface area (Å²) in [5, 5.41) is 2.78. The zero-order valence-electron chi connectivity index (χ0n) is 10.7. The predicted molar refractivity (Wildman–Crippen MR) is 66.3 cm³/mol. The Balaban J connectivity index is 2.62. The summed E-state index contributed by atoms with van der Waals surface area (Å²) in [5.74, 6) is -0.144. The van der Waals surface area contributed by atoms with Crippen LogP contribution in [0.2, 0.25) is 0 Å². The second-order valence-electron chi connectivity index (χ2n) is 4.50. The molecule has 5 heteroatoms. The Labute approximate surface area is 103 Å². The van der Waals surface area contributed by atoms with Gasteiger partial charge in [-0.3, -0.25) is 9.59 Å². The third-order valence-corrected chi connectivity index (χ3v) is 3.19. The molecule has 1 aliphatic rings. The second kappa shape index (κ2) is 6.59. The number of nitrogens with zero attached hydrogens (tertiary/aromatic N) is 1. The first-order chi connectivity index (χ1) is 8.11. The van der Waals surface area contributed by atoms with Crippen molar-refractivity contribution < 1.29 is 9.59 Å². The van der Waals surface area contributed by atoms with Gasteiger partial charge in [0.15, 0.2) is 0 Å². The number of nitrogens with two attached hydrogens (primary N) is 1. The molecule has 0 radical (unpaired) electrons. The van der Waals surface area contributed by atoms with Crippen LogP contribution in [-0.4, -0.2) is 41.9 Å². The molecule has 17 heavy (non-hydrogen) atoms. The van der Waals surface area contributed by atoms with Crippen molar-refractivity contribution >= 4 is 11.8 Å². The summed E-state index contributed by atoms with van der Waals surface area (Å²) in [7, 11) is 0. The lowest BCUT2D eigenvalue weighted by Crippen LogP contribution is -2.60. The van der Waals surface area contributed by atoms with E-state index in [2.05, 4.69) is 12.2 Å². The summed E-state index contributed by atoms with van der Waals surface area (Å²) < 4.78 is 0. The lowest BCUT2D eigenvalue weighted by Gasteiger charge is -2.36. The zero-order chi connectivity index (χ0) is 12.8. The number of hydrogen-bond acceptors (Lipinski definition) is 3. The zero-order valence-corrected chi connectivity index (χ0v) is 10.7. The minimum absolute atomic E-state index is 0.0604. The van der Waals surface area contributed by atoms with Gasteiger partial charge in [-0.1, -0.05) is 26.7 Å². The van der Waals surface area contributed by atoms with Crippen molar-refractivity contribution in [2.24, 2.45) is 5.73 Å². The minimum atomic E-state index is -0.463. The molecule has 0 saturated carbocycles. The molecule has 0 bridgehead atoms. The van der Waals surface area contributed by atoms with E-state index in [0.717, 1.165) is 12.8 Å². The third kappa shape index (κ3) is 3.43. The van der Waals surface area contributed by atoms with Crippen molar-refractivity contribution in [3.05, 3.63) is 0 Å². The van der Waals surface area contributed by atoms with Crippen LogP contribution in [0.5, 0.6) is 0 Å². The highest BCUT2D eigenvalue weighted by molar-refractivity contribution is 5.90. The molecule has 1 fully saturated rings. The highest BCUT2D eigenvalue weighted by Crippen LogP contribution is 2.11. The second-order valence-corrected chi connectivity index (χ2v) is 4.50. The molecule has 98 valence electrons. The normalized spacial score (nSPS) is 22.2. The first-order valence-corrected chi connectivity index (χ1v) is 6.45. The van der Waals surface area contributed by atoms with E-state index in [1.54, 1.807) is 4.90 Å². The molecule has 2 amide bonds. The van der Waals surface area contributed by atoms with E-state index in [1.807, 2.05) is 6.92 Å². The van der Waals surface area contributed by atoms with Crippen LogP contribution in [-0.2, 0) is 9.59 Å². The van der Waals surface area contributed by atoms with Gasteiger partial charge in [-0.25, -0.2) is 0 Å². The van der Waals surface area contributed by atoms with E-state index in [-0.39, 0.29) is 17.9 Å². The Morgan fingerprint density at radius 2 is 2.29 bits per heavy atom. The molecule has 3 N–H and O–H groups in total. The maximum absolute atomic E-state index is 12.1. The van der Waals surface area contributed by atoms with E-state index in [4.69, 9.17) is 5.73 Å². The summed E-state index contributed by atoms with van der Waals surface area (Å²) in [4.78, 5) is 25.4. The Bertz CT molecular complexity index is 281. The Hall–Kier alpha value is -1.10. The average molecular weight is 241 g/mol. The molecule has 1 aliphatic heterocycles. The van der Waals surface area contributed by atoms with Crippen molar-refractivity contribution in [3.8, 4) is 0 Å². The molecule has 1 saturated heterocycles. The van der Waals surface area contributed by atoms with Crippen LogP contribution in [0, 0.1) is 0 Å². The molecule has 1 rings (SSSR count). The Morgan fingerprint density at radius 3 is 2.88 bits per heavy atom. The first-order valence-electron chi connectivity index (χ1n) is 6.45. The smallest absolute Gasteiger partial charge is 0.242 e. The standard InChI is InChI=1S/C12H23N3O2/c1-3-5-6-9(13)12(17)15-8-7-14-11(16)10(15)4-2/h9-10H,3-8,13H2,1-2H3,(H,14,16). The lowest BCUT2D eigenvalue weighted by molar-refractivity contribution is -0.144. The largest absolute Gasteiger partial charge is 0.353 e. The van der Waals surface area contributed by atoms with Gasteiger partial charge in [-0.15, -0.1) is 0 Å². The van der Waals surface area contributed by atoms with E-state index in [1.165, 1.54) is 0 Å². The first kappa shape index (κ1) is 14.0. The molecule has 0 aromatic rings. The summed E-state index contributed by atoms with van der Waals surface area (Å²) in [5.41, 5.74) is 5.87. The highest BCUT2D eigenvalue weighted by Gasteiger charge is 2.33. The molecule has 1 heterocycles. The van der Waals surface area contributed by atoms with Crippen LogP contribution in [0.25, 0.3) is 0 Å². The summed E-state index contributed by atoms with van der Waals surface area (Å²) in [6.07, 6.45) is 3.31. The third-order valence-electron chi connectivity index (χ3n) is 3.19. The molecule has 5 nitrogen and oxygen atoms in total. The van der Waals surface area contributed by atoms with Gasteiger partial charge >= 0.3 is 0 Å². The van der Waals surface area contributed by atoms with E-state index >= 15 is 0 Å². The fourth-order valence-corrected chi connectivity index (χ4v) is 2.14. The molecule has 0 spiro atoms. The number of hydrogen-bond donors (Lipinski definition) is 2. The SMILES string of the molecule is CCCCC(N)C(=O)N1CCNC(=O)C1CC. The molecule has 2 unspecified atom stereocenters. The predicted octanol–water partition coefficient (Wildman–Crippen LogP) is 0.241. The van der Waals surface area contributed by atoms with Crippen LogP contribution in [0.15, 0.2) is 0 Å². The van der Waals surface area contributed by atoms with Crippen molar-refractivity contribution in [2.75, 3.05) is 13.1 Å². The fourth-order valence-electron chi connectivity index (χ4n) is 2.14. The lowest BCUT2D eigenvalue weighted by atomic mass is 10.1. The highest BCUT2D eigenvalue weighted by atomic mass is 16.2. The van der Waals surface area contributed by atoms with Gasteiger partial charge in [0, 0.05) is 13.1 Å². The van der Waals surface area contributed by atoms with Gasteiger partial charge in [-0.05, 0) is 12.8 Å². The topological polar surface area (TPSA) is 75.4 Å². The number of carbonyl (C=O) groups is 2. The van der Waals surface area contributed by atoms with Crippen molar-refractivity contribution in [1.29, 1.82) is 0 Å². The van der Waals surface area contributed by atoms with Gasteiger partial charge < -0.3 is 16.0 Å². The molecule has 2 atom stereocenters. The average Bonchev–Trinajstić information content (AvgIpc) is 2.34. The van der Waals surface area contributed by atoms with Gasteiger partial charge in [-0.2, -0.15) is 0 Å². The van der Waals surface area contributed by atoms with Gasteiger partial charge in [0.05, 0.1) is 6.04 Å². The van der Waals surface area contributed by atoms with Gasteiger partial charge in [0.2, 0.25) is 11.8 Å². The van der Waals surface area contributed by atoms with Crippen LogP contribution in [0.3, 0.4) is 0 Å². The van der Waals surface area contributed by atoms with Gasteiger partial charge in [0.1, 0.15) is 6.04 Å². The number of piperazine rings is 1. The van der Waals surface area contributed by atoms with E-state index in [9.17, 15) is 9.59 Å². The van der Waals surface area contributed by atoms with Crippen LogP contribution < -0.4 is 11.1 Å². The summed E-state index contributed by atoms with van der Waals surface area (Å²) in [6, 6.07) is -0.807. The fraction of sp³-hybridized carbons (Fsp3) is 0.833. The summed E-state index contributed by atoms with van der Waals surface area (Å²) >= 11 is 0. The van der Waals surface area contributed by atoms with Gasteiger partial charge in [0.25, 0.3) is 0 Å². The molecular formula is C12H23N3O2. The number of nitrogens with one attached hydrogen (secondary N) is 1. The Morgan fingerprint density at radius 1 is 1.59 bits per heavy atom. The Kier molecular flexibility index (Phi) is 5.41. The number of amides is 2. The maximum atomic E-state index is 12.1. The number of unbranched alkanes of at least 4 members (excludes halogenated alkanes) is 1. The quantitative estimate of drug-likeness (QED) is 0.724. The number of carbonyl (C=O) groups excluding carboxylic acids is 2. The maximum Gasteiger partial charge on any atom is 0.242 e. The molecule has 0 aromatic carbocycles. The summed E-state index contributed by atoms with van der Waals surface area (Å²) in [6.45, 7) is 5.08. The van der Waals surface area contributed by atoms with Crippen molar-refractivity contribution in [2.45, 2.75) is 51.6 Å². The van der Waals surface area contributed by atoms with Crippen molar-refractivity contribution in [1.82, 2.24) is 10.2 Å².